The van der Waals surface area contributed by atoms with Gasteiger partial charge in [0.15, 0.2) is 0 Å². The first kappa shape index (κ1) is 15.5. The smallest absolute Gasteiger partial charge is 0.239 e. The van der Waals surface area contributed by atoms with Gasteiger partial charge in [-0.15, -0.1) is 0 Å². The average molecular weight is 295 g/mol. The molecule has 20 heavy (non-hydrogen) atoms. The second-order valence-electron chi connectivity index (χ2n) is 5.97. The summed E-state index contributed by atoms with van der Waals surface area (Å²) in [4.78, 5) is 16.6. The van der Waals surface area contributed by atoms with Gasteiger partial charge in [0.1, 0.15) is 0 Å². The third-order valence-electron chi connectivity index (χ3n) is 3.71. The number of hydrogen-bond donors (Lipinski definition) is 1. The summed E-state index contributed by atoms with van der Waals surface area (Å²) in [6.45, 7) is 8.68. The van der Waals surface area contributed by atoms with Crippen molar-refractivity contribution in [3.05, 3.63) is 22.4 Å². The van der Waals surface area contributed by atoms with Gasteiger partial charge in [-0.1, -0.05) is 13.8 Å². The number of nitrogens with zero attached hydrogens (tertiary/aromatic N) is 2. The Hall–Kier alpha value is -0.910. The van der Waals surface area contributed by atoms with Gasteiger partial charge in [0.2, 0.25) is 5.91 Å². The van der Waals surface area contributed by atoms with E-state index in [2.05, 4.69) is 35.6 Å². The Bertz CT molecular complexity index is 411. The van der Waals surface area contributed by atoms with Crippen LogP contribution in [0.25, 0.3) is 0 Å². The molecular weight excluding hydrogens is 270 g/mol. The maximum absolute atomic E-state index is 12.2. The van der Waals surface area contributed by atoms with Crippen LogP contribution in [0.3, 0.4) is 0 Å². The lowest BCUT2D eigenvalue weighted by Gasteiger charge is -2.36. The maximum atomic E-state index is 12.2. The van der Waals surface area contributed by atoms with E-state index in [4.69, 9.17) is 5.73 Å². The van der Waals surface area contributed by atoms with Crippen LogP contribution in [0, 0.1) is 5.92 Å². The summed E-state index contributed by atoms with van der Waals surface area (Å²) < 4.78 is 0. The van der Waals surface area contributed by atoms with Crippen molar-refractivity contribution in [2.75, 3.05) is 26.2 Å². The zero-order valence-corrected chi connectivity index (χ0v) is 13.2. The van der Waals surface area contributed by atoms with Gasteiger partial charge in [-0.25, -0.2) is 0 Å². The third kappa shape index (κ3) is 4.30. The monoisotopic (exact) mass is 295 g/mol. The van der Waals surface area contributed by atoms with Gasteiger partial charge >= 0.3 is 0 Å². The fourth-order valence-electron chi connectivity index (χ4n) is 2.61. The van der Waals surface area contributed by atoms with Crippen molar-refractivity contribution < 1.29 is 4.79 Å². The number of amides is 1. The van der Waals surface area contributed by atoms with E-state index >= 15 is 0 Å². The Morgan fingerprint density at radius 3 is 2.60 bits per heavy atom. The Labute approximate surface area is 125 Å². The summed E-state index contributed by atoms with van der Waals surface area (Å²) in [5.41, 5.74) is 7.36. The first-order chi connectivity index (χ1) is 9.56. The summed E-state index contributed by atoms with van der Waals surface area (Å²) in [6.07, 6.45) is 0.772. The van der Waals surface area contributed by atoms with Crippen molar-refractivity contribution >= 4 is 17.2 Å². The van der Waals surface area contributed by atoms with Crippen LogP contribution < -0.4 is 5.73 Å². The maximum Gasteiger partial charge on any atom is 0.239 e. The predicted octanol–water partition coefficient (Wildman–Crippen LogP) is 1.77. The molecule has 1 aromatic heterocycles. The van der Waals surface area contributed by atoms with E-state index in [1.807, 2.05) is 4.90 Å². The van der Waals surface area contributed by atoms with E-state index in [0.29, 0.717) is 5.92 Å². The number of carbonyl (C=O) groups is 1. The zero-order valence-electron chi connectivity index (χ0n) is 12.4. The molecule has 0 aromatic carbocycles. The summed E-state index contributed by atoms with van der Waals surface area (Å²) >= 11 is 1.74. The number of piperazine rings is 1. The Balaban J connectivity index is 1.77. The summed E-state index contributed by atoms with van der Waals surface area (Å²) in [7, 11) is 0. The van der Waals surface area contributed by atoms with Gasteiger partial charge in [0.05, 0.1) is 6.04 Å². The highest BCUT2D eigenvalue weighted by atomic mass is 32.1. The van der Waals surface area contributed by atoms with Crippen LogP contribution in [0.5, 0.6) is 0 Å². The molecule has 1 aromatic rings. The summed E-state index contributed by atoms with van der Waals surface area (Å²) in [5, 5.41) is 4.30. The van der Waals surface area contributed by atoms with Crippen LogP contribution in [0.1, 0.15) is 25.8 Å². The Morgan fingerprint density at radius 2 is 2.05 bits per heavy atom. The average Bonchev–Trinajstić information content (AvgIpc) is 2.91. The molecule has 0 spiro atoms. The lowest BCUT2D eigenvalue weighted by Crippen LogP contribution is -2.53. The van der Waals surface area contributed by atoms with Gasteiger partial charge in [-0.2, -0.15) is 11.3 Å². The molecule has 1 aliphatic heterocycles. The number of hydrogen-bond acceptors (Lipinski definition) is 4. The highest BCUT2D eigenvalue weighted by Crippen LogP contribution is 2.13. The largest absolute Gasteiger partial charge is 0.339 e. The quantitative estimate of drug-likeness (QED) is 0.900. The van der Waals surface area contributed by atoms with E-state index in [0.717, 1.165) is 39.1 Å². The normalized spacial score (nSPS) is 18.5. The molecule has 1 fully saturated rings. The van der Waals surface area contributed by atoms with Crippen molar-refractivity contribution in [3.63, 3.8) is 0 Å². The first-order valence-electron chi connectivity index (χ1n) is 7.34. The van der Waals surface area contributed by atoms with Crippen LogP contribution in [-0.2, 0) is 11.3 Å². The van der Waals surface area contributed by atoms with E-state index in [1.54, 1.807) is 11.3 Å². The summed E-state index contributed by atoms with van der Waals surface area (Å²) in [6, 6.07) is 1.83. The highest BCUT2D eigenvalue weighted by Gasteiger charge is 2.25. The molecule has 0 aliphatic carbocycles. The molecule has 5 heteroatoms. The molecule has 0 unspecified atom stereocenters. The van der Waals surface area contributed by atoms with Gasteiger partial charge in [-0.3, -0.25) is 9.69 Å². The molecule has 1 saturated heterocycles. The SMILES string of the molecule is CC(C)C[C@@H](N)C(=O)N1CCN(Cc2ccsc2)CC1. The van der Waals surface area contributed by atoms with E-state index in [9.17, 15) is 4.79 Å². The standard InChI is InChI=1S/C15H25N3OS/c1-12(2)9-14(16)15(19)18-6-4-17(5-7-18)10-13-3-8-20-11-13/h3,8,11-12,14H,4-7,9-10,16H2,1-2H3/t14-/m1/s1. The van der Waals surface area contributed by atoms with Gasteiger partial charge < -0.3 is 10.6 Å². The summed E-state index contributed by atoms with van der Waals surface area (Å²) in [5.74, 6) is 0.586. The highest BCUT2D eigenvalue weighted by molar-refractivity contribution is 7.07. The van der Waals surface area contributed by atoms with E-state index in [1.165, 1.54) is 5.56 Å². The van der Waals surface area contributed by atoms with Crippen LogP contribution in [0.2, 0.25) is 0 Å². The number of thiophene rings is 1. The minimum Gasteiger partial charge on any atom is -0.339 e. The molecule has 1 aliphatic rings. The van der Waals surface area contributed by atoms with Gasteiger partial charge in [0.25, 0.3) is 0 Å². The number of rotatable bonds is 5. The molecular formula is C15H25N3OS. The van der Waals surface area contributed by atoms with Crippen molar-refractivity contribution in [1.82, 2.24) is 9.80 Å². The fraction of sp³-hybridized carbons (Fsp3) is 0.667. The second-order valence-corrected chi connectivity index (χ2v) is 6.75. The van der Waals surface area contributed by atoms with Crippen molar-refractivity contribution in [2.45, 2.75) is 32.9 Å². The van der Waals surface area contributed by atoms with E-state index < -0.39 is 0 Å². The minimum atomic E-state index is -0.335. The van der Waals surface area contributed by atoms with Crippen molar-refractivity contribution in [2.24, 2.45) is 11.7 Å². The van der Waals surface area contributed by atoms with Gasteiger partial charge in [0, 0.05) is 32.7 Å². The first-order valence-corrected chi connectivity index (χ1v) is 8.28. The Morgan fingerprint density at radius 1 is 1.35 bits per heavy atom. The molecule has 2 heterocycles. The van der Waals surface area contributed by atoms with Crippen molar-refractivity contribution in [1.29, 1.82) is 0 Å². The van der Waals surface area contributed by atoms with Crippen molar-refractivity contribution in [3.8, 4) is 0 Å². The van der Waals surface area contributed by atoms with E-state index in [-0.39, 0.29) is 11.9 Å². The van der Waals surface area contributed by atoms with Crippen LogP contribution in [0.4, 0.5) is 0 Å². The van der Waals surface area contributed by atoms with Gasteiger partial charge in [-0.05, 0) is 34.7 Å². The molecule has 1 amide bonds. The Kier molecular flexibility index (Phi) is 5.57. The third-order valence-corrected chi connectivity index (χ3v) is 4.44. The minimum absolute atomic E-state index is 0.119. The molecule has 0 bridgehead atoms. The molecule has 2 N–H and O–H groups in total. The molecule has 4 nitrogen and oxygen atoms in total. The molecule has 0 radical (unpaired) electrons. The van der Waals surface area contributed by atoms with Crippen LogP contribution in [-0.4, -0.2) is 47.9 Å². The number of carbonyl (C=O) groups excluding carboxylic acids is 1. The fourth-order valence-corrected chi connectivity index (χ4v) is 3.27. The number of nitrogens with two attached hydrogens (primary N) is 1. The van der Waals surface area contributed by atoms with Crippen LogP contribution >= 0.6 is 11.3 Å². The zero-order chi connectivity index (χ0) is 14.5. The lowest BCUT2D eigenvalue weighted by molar-refractivity contribution is -0.134. The topological polar surface area (TPSA) is 49.6 Å². The molecule has 2 rings (SSSR count). The molecule has 0 saturated carbocycles. The second kappa shape index (κ2) is 7.20. The molecule has 112 valence electrons. The van der Waals surface area contributed by atoms with Crippen LogP contribution in [0.15, 0.2) is 16.8 Å². The predicted molar refractivity (Wildman–Crippen MR) is 83.6 cm³/mol. The molecule has 1 atom stereocenters. The lowest BCUT2D eigenvalue weighted by atomic mass is 10.0.